The minimum atomic E-state index is -3.46. The molecule has 27 heavy (non-hydrogen) atoms. The van der Waals surface area contributed by atoms with Gasteiger partial charge < -0.3 is 14.5 Å². The molecular weight excluding hydrogens is 359 g/mol. The summed E-state index contributed by atoms with van der Waals surface area (Å²) in [6.45, 7) is 2.02. The number of hydrogen-bond acceptors (Lipinski definition) is 3. The summed E-state index contributed by atoms with van der Waals surface area (Å²) in [6, 6.07) is 0. The largest absolute Gasteiger partial charge is 0.394 e. The molecule has 0 saturated carbocycles. The summed E-state index contributed by atoms with van der Waals surface area (Å²) in [6.07, 6.45) is 23.8. The van der Waals surface area contributed by atoms with E-state index in [-0.39, 0.29) is 19.4 Å². The minimum absolute atomic E-state index is 0.0488. The molecule has 1 unspecified atom stereocenters. The highest BCUT2D eigenvalue weighted by Gasteiger charge is 2.17. The molecule has 164 valence electrons. The van der Waals surface area contributed by atoms with E-state index in [9.17, 15) is 9.46 Å². The predicted octanol–water partition coefficient (Wildman–Crippen LogP) is 7.22. The second-order valence-electron chi connectivity index (χ2n) is 7.93. The van der Waals surface area contributed by atoms with Crippen LogP contribution in [-0.4, -0.2) is 29.4 Å². The van der Waals surface area contributed by atoms with Gasteiger partial charge in [0, 0.05) is 6.16 Å². The van der Waals surface area contributed by atoms with Gasteiger partial charge in [-0.15, -0.1) is 0 Å². The van der Waals surface area contributed by atoms with Gasteiger partial charge in [0.2, 0.25) is 0 Å². The topological polar surface area (TPSA) is 66.8 Å². The Morgan fingerprint density at radius 2 is 0.963 bits per heavy atom. The number of aliphatic hydroxyl groups is 1. The van der Waals surface area contributed by atoms with Gasteiger partial charge in [-0.25, -0.2) is 0 Å². The average molecular weight is 407 g/mol. The van der Waals surface area contributed by atoms with Gasteiger partial charge in [0.25, 0.3) is 0 Å². The van der Waals surface area contributed by atoms with E-state index >= 15 is 0 Å². The molecule has 5 heteroatoms. The molecule has 0 aromatic carbocycles. The molecule has 0 aliphatic rings. The quantitative estimate of drug-likeness (QED) is 0.147. The lowest BCUT2D eigenvalue weighted by molar-refractivity contribution is 0.183. The Balaban J connectivity index is 3.14. The van der Waals surface area contributed by atoms with Gasteiger partial charge in [-0.05, 0) is 6.42 Å². The second kappa shape index (κ2) is 20.8. The summed E-state index contributed by atoms with van der Waals surface area (Å²) in [5, 5.41) is 8.60. The summed E-state index contributed by atoms with van der Waals surface area (Å²) < 4.78 is 16.3. The van der Waals surface area contributed by atoms with Crippen molar-refractivity contribution in [3.63, 3.8) is 0 Å². The fourth-order valence-electron chi connectivity index (χ4n) is 3.46. The molecule has 0 heterocycles. The van der Waals surface area contributed by atoms with E-state index in [1.807, 2.05) is 0 Å². The van der Waals surface area contributed by atoms with E-state index in [1.165, 1.54) is 96.3 Å². The van der Waals surface area contributed by atoms with E-state index in [0.717, 1.165) is 19.3 Å². The van der Waals surface area contributed by atoms with Crippen LogP contribution in [0.2, 0.25) is 0 Å². The Bertz CT molecular complexity index is 336. The van der Waals surface area contributed by atoms with Gasteiger partial charge in [0.1, 0.15) is 0 Å². The zero-order valence-corrected chi connectivity index (χ0v) is 18.9. The maximum Gasteiger partial charge on any atom is 0.328 e. The van der Waals surface area contributed by atoms with Crippen LogP contribution in [0.1, 0.15) is 122 Å². The number of hydrogen-bond donors (Lipinski definition) is 2. The molecule has 0 aromatic rings. The van der Waals surface area contributed by atoms with Gasteiger partial charge in [0.05, 0.1) is 13.2 Å². The van der Waals surface area contributed by atoms with Crippen molar-refractivity contribution in [2.75, 3.05) is 19.4 Å². The van der Waals surface area contributed by atoms with Crippen LogP contribution in [0.3, 0.4) is 0 Å². The smallest absolute Gasteiger partial charge is 0.328 e. The maximum absolute atomic E-state index is 11.6. The van der Waals surface area contributed by atoms with Crippen molar-refractivity contribution in [3.8, 4) is 0 Å². The third kappa shape index (κ3) is 22.3. The average Bonchev–Trinajstić information content (AvgIpc) is 2.65. The second-order valence-corrected chi connectivity index (χ2v) is 9.91. The summed E-state index contributed by atoms with van der Waals surface area (Å²) in [7, 11) is -3.46. The normalized spacial score (nSPS) is 13.7. The lowest BCUT2D eigenvalue weighted by Gasteiger charge is -2.10. The summed E-state index contributed by atoms with van der Waals surface area (Å²) in [5.41, 5.74) is 0. The molecule has 0 aromatic heterocycles. The van der Waals surface area contributed by atoms with Crippen LogP contribution >= 0.6 is 7.60 Å². The Kier molecular flexibility index (Phi) is 20.9. The van der Waals surface area contributed by atoms with E-state index in [1.54, 1.807) is 0 Å². The van der Waals surface area contributed by atoms with Crippen LogP contribution in [0, 0.1) is 0 Å². The third-order valence-corrected chi connectivity index (χ3v) is 6.65. The highest BCUT2D eigenvalue weighted by molar-refractivity contribution is 7.52. The van der Waals surface area contributed by atoms with E-state index in [0.29, 0.717) is 0 Å². The minimum Gasteiger partial charge on any atom is -0.394 e. The molecule has 0 aliphatic heterocycles. The molecule has 0 rings (SSSR count). The monoisotopic (exact) mass is 406 g/mol. The molecule has 4 nitrogen and oxygen atoms in total. The molecule has 0 radical (unpaired) electrons. The lowest BCUT2D eigenvalue weighted by atomic mass is 10.0. The van der Waals surface area contributed by atoms with Crippen molar-refractivity contribution in [1.82, 2.24) is 0 Å². The van der Waals surface area contributed by atoms with Crippen molar-refractivity contribution in [2.45, 2.75) is 122 Å². The SMILES string of the molecule is CCCCCCCCCCCCCCCCCCCCP(=O)(O)OCCO. The van der Waals surface area contributed by atoms with Crippen molar-refractivity contribution < 1.29 is 19.1 Å². The standard InChI is InChI=1S/C22H47O4P/c1-2-3-4-5-6-7-8-9-10-11-12-13-14-15-16-17-18-19-22-27(24,25)26-21-20-23/h23H,2-22H2,1H3,(H,24,25). The van der Waals surface area contributed by atoms with Crippen LogP contribution in [0.25, 0.3) is 0 Å². The predicted molar refractivity (Wildman–Crippen MR) is 117 cm³/mol. The Morgan fingerprint density at radius 1 is 0.630 bits per heavy atom. The summed E-state index contributed by atoms with van der Waals surface area (Å²) >= 11 is 0. The van der Waals surface area contributed by atoms with Crippen LogP contribution in [-0.2, 0) is 9.09 Å². The van der Waals surface area contributed by atoms with Crippen molar-refractivity contribution in [2.24, 2.45) is 0 Å². The van der Waals surface area contributed by atoms with Crippen LogP contribution < -0.4 is 0 Å². The number of aliphatic hydroxyl groups excluding tert-OH is 1. The Labute approximate surface area is 169 Å². The fourth-order valence-corrected chi connectivity index (χ4v) is 4.58. The van der Waals surface area contributed by atoms with Gasteiger partial charge in [-0.3, -0.25) is 4.57 Å². The van der Waals surface area contributed by atoms with Crippen molar-refractivity contribution >= 4 is 7.60 Å². The van der Waals surface area contributed by atoms with Gasteiger partial charge >= 0.3 is 7.60 Å². The van der Waals surface area contributed by atoms with E-state index < -0.39 is 7.60 Å². The first-order valence-corrected chi connectivity index (χ1v) is 13.5. The summed E-state index contributed by atoms with van der Waals surface area (Å²) in [5.74, 6) is 0. The lowest BCUT2D eigenvalue weighted by Crippen LogP contribution is -2.00. The van der Waals surface area contributed by atoms with E-state index in [4.69, 9.17) is 9.63 Å². The van der Waals surface area contributed by atoms with Crippen molar-refractivity contribution in [3.05, 3.63) is 0 Å². The molecule has 0 aliphatic carbocycles. The first-order chi connectivity index (χ1) is 13.1. The number of unbranched alkanes of at least 4 members (excludes halogenated alkanes) is 17. The molecule has 2 N–H and O–H groups in total. The van der Waals surface area contributed by atoms with Crippen molar-refractivity contribution in [1.29, 1.82) is 0 Å². The maximum atomic E-state index is 11.6. The highest BCUT2D eigenvalue weighted by atomic mass is 31.2. The van der Waals surface area contributed by atoms with Crippen LogP contribution in [0.4, 0.5) is 0 Å². The molecule has 0 fully saturated rings. The molecule has 0 amide bonds. The molecule has 0 spiro atoms. The Morgan fingerprint density at radius 3 is 1.30 bits per heavy atom. The molecule has 0 saturated heterocycles. The molecular formula is C22H47O4P. The van der Waals surface area contributed by atoms with Gasteiger partial charge in [-0.2, -0.15) is 0 Å². The number of rotatable bonds is 22. The van der Waals surface area contributed by atoms with Crippen LogP contribution in [0.15, 0.2) is 0 Å². The van der Waals surface area contributed by atoms with E-state index in [2.05, 4.69) is 6.92 Å². The first kappa shape index (κ1) is 27.1. The van der Waals surface area contributed by atoms with Crippen LogP contribution in [0.5, 0.6) is 0 Å². The molecule has 0 bridgehead atoms. The Hall–Kier alpha value is 0.110. The zero-order valence-electron chi connectivity index (χ0n) is 18.0. The third-order valence-electron chi connectivity index (χ3n) is 5.18. The summed E-state index contributed by atoms with van der Waals surface area (Å²) in [4.78, 5) is 9.50. The fraction of sp³-hybridized carbons (Fsp3) is 1.00. The zero-order chi connectivity index (χ0) is 20.1. The first-order valence-electron chi connectivity index (χ1n) is 11.7. The van der Waals surface area contributed by atoms with Gasteiger partial charge in [-0.1, -0.05) is 116 Å². The van der Waals surface area contributed by atoms with Gasteiger partial charge in [0.15, 0.2) is 0 Å². The highest BCUT2D eigenvalue weighted by Crippen LogP contribution is 2.42. The molecule has 1 atom stereocenters.